The number of likely N-dealkylation sites (N-methyl/N-ethyl adjacent to an activating group) is 1. The van der Waals surface area contributed by atoms with E-state index in [4.69, 9.17) is 4.74 Å². The van der Waals surface area contributed by atoms with Crippen molar-refractivity contribution in [1.82, 2.24) is 9.80 Å². The lowest BCUT2D eigenvalue weighted by Gasteiger charge is -2.36. The molecule has 124 valence electrons. The van der Waals surface area contributed by atoms with Gasteiger partial charge in [-0.1, -0.05) is 19.1 Å². The molecule has 2 saturated heterocycles. The molecule has 2 heterocycles. The topological polar surface area (TPSA) is 53.1 Å². The predicted octanol–water partition coefficient (Wildman–Crippen LogP) is 0.965. The maximum absolute atomic E-state index is 12.8. The van der Waals surface area contributed by atoms with Gasteiger partial charge >= 0.3 is 0 Å². The minimum Gasteiger partial charge on any atom is -0.495 e. The number of amides is 2. The van der Waals surface area contributed by atoms with Gasteiger partial charge in [0, 0.05) is 26.2 Å². The highest BCUT2D eigenvalue weighted by molar-refractivity contribution is 6.23. The monoisotopic (exact) mass is 317 g/mol. The van der Waals surface area contributed by atoms with E-state index in [0.717, 1.165) is 32.7 Å². The number of carbonyl (C=O) groups is 2. The van der Waals surface area contributed by atoms with Crippen molar-refractivity contribution in [3.63, 3.8) is 0 Å². The van der Waals surface area contributed by atoms with Crippen molar-refractivity contribution in [2.24, 2.45) is 0 Å². The molecule has 6 nitrogen and oxygen atoms in total. The van der Waals surface area contributed by atoms with Crippen LogP contribution >= 0.6 is 0 Å². The predicted molar refractivity (Wildman–Crippen MR) is 87.6 cm³/mol. The molecule has 1 aromatic carbocycles. The van der Waals surface area contributed by atoms with E-state index in [1.165, 1.54) is 4.90 Å². The zero-order valence-electron chi connectivity index (χ0n) is 13.7. The van der Waals surface area contributed by atoms with E-state index in [9.17, 15) is 9.59 Å². The summed E-state index contributed by atoms with van der Waals surface area (Å²) in [6, 6.07) is 6.82. The first-order valence-corrected chi connectivity index (χ1v) is 8.12. The Morgan fingerprint density at radius 1 is 1.13 bits per heavy atom. The lowest BCUT2D eigenvalue weighted by Crippen LogP contribution is -2.52. The smallest absolute Gasteiger partial charge is 0.251 e. The third-order valence-corrected chi connectivity index (χ3v) is 4.74. The number of ether oxygens (including phenoxy) is 1. The minimum atomic E-state index is -0.341. The number of rotatable bonds is 4. The largest absolute Gasteiger partial charge is 0.495 e. The van der Waals surface area contributed by atoms with Gasteiger partial charge in [-0.05, 0) is 18.7 Å². The maximum Gasteiger partial charge on any atom is 0.251 e. The van der Waals surface area contributed by atoms with Crippen LogP contribution in [0.5, 0.6) is 5.75 Å². The van der Waals surface area contributed by atoms with Crippen LogP contribution in [0.3, 0.4) is 0 Å². The number of nitrogens with zero attached hydrogens (tertiary/aromatic N) is 3. The number of para-hydroxylation sites is 2. The Balaban J connectivity index is 1.78. The Morgan fingerprint density at radius 3 is 2.48 bits per heavy atom. The molecule has 2 fully saturated rings. The van der Waals surface area contributed by atoms with Crippen molar-refractivity contribution in [2.45, 2.75) is 19.4 Å². The van der Waals surface area contributed by atoms with Gasteiger partial charge in [0.1, 0.15) is 5.75 Å². The van der Waals surface area contributed by atoms with Gasteiger partial charge in [-0.15, -0.1) is 0 Å². The normalized spacial score (nSPS) is 23.6. The van der Waals surface area contributed by atoms with Crippen LogP contribution in [-0.4, -0.2) is 67.5 Å². The molecular formula is C17H23N3O3. The standard InChI is InChI=1S/C17H23N3O3/c1-3-18-8-10-19(11-9-18)14-12-16(21)20(17(14)22)13-6-4-5-7-15(13)23-2/h4-7,14H,3,8-12H2,1-2H3. The van der Waals surface area contributed by atoms with E-state index in [0.29, 0.717) is 11.4 Å². The second-order valence-corrected chi connectivity index (χ2v) is 5.93. The number of methoxy groups -OCH3 is 1. The van der Waals surface area contributed by atoms with Crippen LogP contribution in [0.15, 0.2) is 24.3 Å². The molecule has 6 heteroatoms. The molecule has 2 aliphatic heterocycles. The van der Waals surface area contributed by atoms with Crippen molar-refractivity contribution in [3.8, 4) is 5.75 Å². The molecule has 23 heavy (non-hydrogen) atoms. The quantitative estimate of drug-likeness (QED) is 0.775. The molecule has 0 spiro atoms. The van der Waals surface area contributed by atoms with Crippen LogP contribution in [0.2, 0.25) is 0 Å². The molecule has 2 aliphatic rings. The van der Waals surface area contributed by atoms with Gasteiger partial charge in [-0.25, -0.2) is 4.90 Å². The fourth-order valence-electron chi connectivity index (χ4n) is 3.36. The first kappa shape index (κ1) is 16.0. The molecule has 3 rings (SSSR count). The Kier molecular flexibility index (Phi) is 4.63. The number of piperazine rings is 1. The molecule has 0 aromatic heterocycles. The molecule has 0 radical (unpaired) electrons. The molecular weight excluding hydrogens is 294 g/mol. The van der Waals surface area contributed by atoms with Gasteiger partial charge in [0.25, 0.3) is 5.91 Å². The summed E-state index contributed by atoms with van der Waals surface area (Å²) in [5.74, 6) is 0.262. The van der Waals surface area contributed by atoms with Crippen molar-refractivity contribution in [2.75, 3.05) is 44.7 Å². The zero-order chi connectivity index (χ0) is 16.4. The summed E-state index contributed by atoms with van der Waals surface area (Å²) in [5, 5.41) is 0. The Bertz CT molecular complexity index is 597. The average Bonchev–Trinajstić information content (AvgIpc) is 2.89. The lowest BCUT2D eigenvalue weighted by molar-refractivity contribution is -0.123. The van der Waals surface area contributed by atoms with E-state index in [-0.39, 0.29) is 24.3 Å². The first-order valence-electron chi connectivity index (χ1n) is 8.12. The number of imide groups is 1. The van der Waals surface area contributed by atoms with E-state index < -0.39 is 0 Å². The van der Waals surface area contributed by atoms with Crippen LogP contribution < -0.4 is 9.64 Å². The Labute approximate surface area is 136 Å². The summed E-state index contributed by atoms with van der Waals surface area (Å²) in [7, 11) is 1.55. The van der Waals surface area contributed by atoms with Crippen LogP contribution in [0, 0.1) is 0 Å². The van der Waals surface area contributed by atoms with Gasteiger partial charge < -0.3 is 9.64 Å². The number of hydrogen-bond acceptors (Lipinski definition) is 5. The lowest BCUT2D eigenvalue weighted by atomic mass is 10.1. The minimum absolute atomic E-state index is 0.135. The van der Waals surface area contributed by atoms with Crippen molar-refractivity contribution in [3.05, 3.63) is 24.3 Å². The van der Waals surface area contributed by atoms with E-state index in [2.05, 4.69) is 16.7 Å². The fraction of sp³-hybridized carbons (Fsp3) is 0.529. The summed E-state index contributed by atoms with van der Waals surface area (Å²) in [6.45, 7) is 6.73. The third kappa shape index (κ3) is 2.96. The third-order valence-electron chi connectivity index (χ3n) is 4.74. The summed E-state index contributed by atoms with van der Waals surface area (Å²) >= 11 is 0. The van der Waals surface area contributed by atoms with Gasteiger partial charge in [0.15, 0.2) is 0 Å². The van der Waals surface area contributed by atoms with Crippen LogP contribution in [0.25, 0.3) is 0 Å². The summed E-state index contributed by atoms with van der Waals surface area (Å²) in [5.41, 5.74) is 0.541. The van der Waals surface area contributed by atoms with Crippen LogP contribution in [-0.2, 0) is 9.59 Å². The highest BCUT2D eigenvalue weighted by Crippen LogP contribution is 2.33. The number of benzene rings is 1. The van der Waals surface area contributed by atoms with Gasteiger partial charge in [0.05, 0.1) is 25.3 Å². The summed E-state index contributed by atoms with van der Waals surface area (Å²) in [4.78, 5) is 31.1. The zero-order valence-corrected chi connectivity index (χ0v) is 13.7. The Morgan fingerprint density at radius 2 is 1.83 bits per heavy atom. The molecule has 1 aromatic rings. The van der Waals surface area contributed by atoms with Crippen molar-refractivity contribution >= 4 is 17.5 Å². The molecule has 0 saturated carbocycles. The van der Waals surface area contributed by atoms with Crippen molar-refractivity contribution < 1.29 is 14.3 Å². The van der Waals surface area contributed by atoms with Gasteiger partial charge in [0.2, 0.25) is 5.91 Å². The van der Waals surface area contributed by atoms with Crippen LogP contribution in [0.4, 0.5) is 5.69 Å². The molecule has 0 N–H and O–H groups in total. The van der Waals surface area contributed by atoms with Crippen molar-refractivity contribution in [1.29, 1.82) is 0 Å². The second-order valence-electron chi connectivity index (χ2n) is 5.93. The van der Waals surface area contributed by atoms with Gasteiger partial charge in [-0.3, -0.25) is 14.5 Å². The maximum atomic E-state index is 12.8. The molecule has 1 atom stereocenters. The number of hydrogen-bond donors (Lipinski definition) is 0. The molecule has 1 unspecified atom stereocenters. The molecule has 2 amide bonds. The number of anilines is 1. The second kappa shape index (κ2) is 6.68. The van der Waals surface area contributed by atoms with Gasteiger partial charge in [-0.2, -0.15) is 0 Å². The summed E-state index contributed by atoms with van der Waals surface area (Å²) < 4.78 is 5.30. The number of carbonyl (C=O) groups excluding carboxylic acids is 2. The van der Waals surface area contributed by atoms with E-state index in [1.54, 1.807) is 19.2 Å². The summed E-state index contributed by atoms with van der Waals surface area (Å²) in [6.07, 6.45) is 0.253. The Hall–Kier alpha value is -1.92. The average molecular weight is 317 g/mol. The fourth-order valence-corrected chi connectivity index (χ4v) is 3.36. The highest BCUT2D eigenvalue weighted by atomic mass is 16.5. The van der Waals surface area contributed by atoms with E-state index >= 15 is 0 Å². The highest BCUT2D eigenvalue weighted by Gasteiger charge is 2.44. The SMILES string of the molecule is CCN1CCN(C2CC(=O)N(c3ccccc3OC)C2=O)CC1. The molecule has 0 bridgehead atoms. The first-order chi connectivity index (χ1) is 11.2. The van der Waals surface area contributed by atoms with E-state index in [1.807, 2.05) is 12.1 Å². The van der Waals surface area contributed by atoms with Crippen LogP contribution in [0.1, 0.15) is 13.3 Å². The molecule has 0 aliphatic carbocycles.